The summed E-state index contributed by atoms with van der Waals surface area (Å²) in [6.07, 6.45) is 5.27. The van der Waals surface area contributed by atoms with Gasteiger partial charge in [0.1, 0.15) is 0 Å². The summed E-state index contributed by atoms with van der Waals surface area (Å²) in [5, 5.41) is 0.910. The van der Waals surface area contributed by atoms with Crippen molar-refractivity contribution in [1.82, 2.24) is 0 Å². The number of benzene rings is 1. The van der Waals surface area contributed by atoms with Gasteiger partial charge in [0.05, 0.1) is 5.69 Å². The van der Waals surface area contributed by atoms with Gasteiger partial charge in [-0.15, -0.1) is 0 Å². The first-order chi connectivity index (χ1) is 8.93. The molecule has 0 unspecified atom stereocenters. The van der Waals surface area contributed by atoms with Crippen molar-refractivity contribution in [2.45, 2.75) is 50.9 Å². The Labute approximate surface area is 134 Å². The van der Waals surface area contributed by atoms with Gasteiger partial charge < -0.3 is 4.90 Å². The predicted octanol–water partition coefficient (Wildman–Crippen LogP) is 5.75. The fraction of sp³-hybridized carbons (Fsp3) is 0.625. The maximum Gasteiger partial charge on any atom is 0.0510 e. The van der Waals surface area contributed by atoms with Crippen molar-refractivity contribution in [2.24, 2.45) is 5.41 Å². The summed E-state index contributed by atoms with van der Waals surface area (Å²) in [5.41, 5.74) is 3.16. The van der Waals surface area contributed by atoms with Crippen LogP contribution in [0.1, 0.15) is 45.1 Å². The lowest BCUT2D eigenvalue weighted by molar-refractivity contribution is 0.222. The largest absolute Gasteiger partial charge is 0.371 e. The van der Waals surface area contributed by atoms with Crippen LogP contribution >= 0.6 is 31.9 Å². The summed E-state index contributed by atoms with van der Waals surface area (Å²) in [6.45, 7) is 4.79. The van der Waals surface area contributed by atoms with Crippen LogP contribution in [-0.4, -0.2) is 13.1 Å². The summed E-state index contributed by atoms with van der Waals surface area (Å²) >= 11 is 7.22. The van der Waals surface area contributed by atoms with Crippen LogP contribution in [-0.2, 0) is 5.33 Å². The van der Waals surface area contributed by atoms with Crippen molar-refractivity contribution < 1.29 is 0 Å². The van der Waals surface area contributed by atoms with E-state index in [2.05, 4.69) is 75.9 Å². The molecule has 0 amide bonds. The van der Waals surface area contributed by atoms with E-state index in [9.17, 15) is 0 Å². The number of hydrogen-bond acceptors (Lipinski definition) is 1. The SMILES string of the molecule is CN(c1ccc(CBr)cc1Br)C1CCC(C)(C)CC1. The third-order valence-corrected chi connectivity index (χ3v) is 5.69. The first kappa shape index (κ1) is 15.4. The zero-order valence-corrected chi connectivity index (χ0v) is 15.2. The molecule has 0 saturated heterocycles. The zero-order valence-electron chi connectivity index (χ0n) is 12.0. The lowest BCUT2D eigenvalue weighted by Gasteiger charge is -2.40. The van der Waals surface area contributed by atoms with Crippen LogP contribution in [0.4, 0.5) is 5.69 Å². The molecular formula is C16H23Br2N. The number of nitrogens with zero attached hydrogens (tertiary/aromatic N) is 1. The Kier molecular flexibility index (Phi) is 4.99. The lowest BCUT2D eigenvalue weighted by Crippen LogP contribution is -2.37. The third-order valence-electron chi connectivity index (χ3n) is 4.40. The molecule has 19 heavy (non-hydrogen) atoms. The summed E-state index contributed by atoms with van der Waals surface area (Å²) in [4.78, 5) is 2.46. The molecule has 106 valence electrons. The molecule has 1 nitrogen and oxygen atoms in total. The van der Waals surface area contributed by atoms with Gasteiger partial charge in [-0.05, 0) is 64.7 Å². The molecule has 1 fully saturated rings. The van der Waals surface area contributed by atoms with Gasteiger partial charge in [-0.1, -0.05) is 35.8 Å². The minimum atomic E-state index is 0.536. The summed E-state index contributed by atoms with van der Waals surface area (Å²) in [5.74, 6) is 0. The molecule has 0 aromatic heterocycles. The molecule has 1 aromatic rings. The highest BCUT2D eigenvalue weighted by Gasteiger charge is 2.29. The van der Waals surface area contributed by atoms with E-state index in [0.717, 1.165) is 5.33 Å². The van der Waals surface area contributed by atoms with Gasteiger partial charge in [0.2, 0.25) is 0 Å². The van der Waals surface area contributed by atoms with Crippen molar-refractivity contribution in [3.8, 4) is 0 Å². The van der Waals surface area contributed by atoms with E-state index in [1.165, 1.54) is 41.4 Å². The smallest absolute Gasteiger partial charge is 0.0510 e. The molecule has 1 aromatic carbocycles. The highest BCUT2D eigenvalue weighted by atomic mass is 79.9. The first-order valence-corrected chi connectivity index (χ1v) is 8.91. The van der Waals surface area contributed by atoms with Crippen LogP contribution in [0.3, 0.4) is 0 Å². The molecule has 0 N–H and O–H groups in total. The second-order valence-electron chi connectivity index (χ2n) is 6.43. The van der Waals surface area contributed by atoms with E-state index < -0.39 is 0 Å². The van der Waals surface area contributed by atoms with Gasteiger partial charge >= 0.3 is 0 Å². The summed E-state index contributed by atoms with van der Waals surface area (Å²) in [7, 11) is 2.23. The Morgan fingerprint density at radius 3 is 2.42 bits per heavy atom. The van der Waals surface area contributed by atoms with Crippen LogP contribution in [0.25, 0.3) is 0 Å². The average molecular weight is 389 g/mol. The second-order valence-corrected chi connectivity index (χ2v) is 7.84. The predicted molar refractivity (Wildman–Crippen MR) is 91.2 cm³/mol. The van der Waals surface area contributed by atoms with Crippen molar-refractivity contribution in [1.29, 1.82) is 0 Å². The zero-order chi connectivity index (χ0) is 14.0. The fourth-order valence-electron chi connectivity index (χ4n) is 2.89. The highest BCUT2D eigenvalue weighted by Crippen LogP contribution is 2.39. The van der Waals surface area contributed by atoms with Crippen LogP contribution in [0, 0.1) is 5.41 Å². The minimum absolute atomic E-state index is 0.536. The molecular weight excluding hydrogens is 366 g/mol. The number of alkyl halides is 1. The number of rotatable bonds is 3. The summed E-state index contributed by atoms with van der Waals surface area (Å²) in [6, 6.07) is 7.34. The molecule has 0 heterocycles. The van der Waals surface area contributed by atoms with Gasteiger partial charge in [-0.2, -0.15) is 0 Å². The van der Waals surface area contributed by atoms with E-state index in [4.69, 9.17) is 0 Å². The van der Waals surface area contributed by atoms with E-state index in [0.29, 0.717) is 11.5 Å². The Morgan fingerprint density at radius 1 is 1.26 bits per heavy atom. The number of hydrogen-bond donors (Lipinski definition) is 0. The molecule has 3 heteroatoms. The topological polar surface area (TPSA) is 3.24 Å². The maximum atomic E-state index is 3.72. The molecule has 1 saturated carbocycles. The van der Waals surface area contributed by atoms with Crippen molar-refractivity contribution in [2.75, 3.05) is 11.9 Å². The van der Waals surface area contributed by atoms with Crippen molar-refractivity contribution in [3.63, 3.8) is 0 Å². The molecule has 0 atom stereocenters. The van der Waals surface area contributed by atoms with E-state index in [1.54, 1.807) is 0 Å². The van der Waals surface area contributed by atoms with Gasteiger partial charge in [0, 0.05) is 22.9 Å². The Bertz CT molecular complexity index is 432. The van der Waals surface area contributed by atoms with Gasteiger partial charge in [0.15, 0.2) is 0 Å². The highest BCUT2D eigenvalue weighted by molar-refractivity contribution is 9.10. The van der Waals surface area contributed by atoms with Crippen LogP contribution in [0.2, 0.25) is 0 Å². The average Bonchev–Trinajstić information content (AvgIpc) is 2.37. The molecule has 1 aliphatic rings. The van der Waals surface area contributed by atoms with E-state index in [1.807, 2.05) is 0 Å². The van der Waals surface area contributed by atoms with Gasteiger partial charge in [-0.3, -0.25) is 0 Å². The third kappa shape index (κ3) is 3.75. The Morgan fingerprint density at radius 2 is 1.89 bits per heavy atom. The normalized spacial score (nSPS) is 19.4. The molecule has 1 aliphatic carbocycles. The Hall–Kier alpha value is -0.0200. The minimum Gasteiger partial charge on any atom is -0.371 e. The summed E-state index contributed by atoms with van der Waals surface area (Å²) < 4.78 is 1.21. The van der Waals surface area contributed by atoms with Crippen LogP contribution < -0.4 is 4.90 Å². The molecule has 0 bridgehead atoms. The monoisotopic (exact) mass is 387 g/mol. The van der Waals surface area contributed by atoms with Gasteiger partial charge in [0.25, 0.3) is 0 Å². The lowest BCUT2D eigenvalue weighted by atomic mass is 9.75. The van der Waals surface area contributed by atoms with E-state index >= 15 is 0 Å². The molecule has 0 radical (unpaired) electrons. The number of anilines is 1. The second kappa shape index (κ2) is 6.17. The molecule has 0 aliphatic heterocycles. The van der Waals surface area contributed by atoms with Crippen LogP contribution in [0.15, 0.2) is 22.7 Å². The number of halogens is 2. The van der Waals surface area contributed by atoms with E-state index in [-0.39, 0.29) is 0 Å². The Balaban J connectivity index is 2.10. The standard InChI is InChI=1S/C16H23Br2N/c1-16(2)8-6-13(7-9-16)19(3)15-5-4-12(11-17)10-14(15)18/h4-5,10,13H,6-9,11H2,1-3H3. The molecule has 0 spiro atoms. The quantitative estimate of drug-likeness (QED) is 0.596. The fourth-order valence-corrected chi connectivity index (χ4v) is 3.94. The first-order valence-electron chi connectivity index (χ1n) is 7.00. The maximum absolute atomic E-state index is 3.72. The van der Waals surface area contributed by atoms with Gasteiger partial charge in [-0.25, -0.2) is 0 Å². The van der Waals surface area contributed by atoms with Crippen LogP contribution in [0.5, 0.6) is 0 Å². The van der Waals surface area contributed by atoms with Crippen molar-refractivity contribution >= 4 is 37.5 Å². The molecule has 2 rings (SSSR count). The van der Waals surface area contributed by atoms with Crippen molar-refractivity contribution in [3.05, 3.63) is 28.2 Å².